The van der Waals surface area contributed by atoms with E-state index in [0.717, 1.165) is 18.4 Å². The van der Waals surface area contributed by atoms with E-state index < -0.39 is 34.2 Å². The van der Waals surface area contributed by atoms with Gasteiger partial charge >= 0.3 is 7.12 Å². The van der Waals surface area contributed by atoms with Gasteiger partial charge in [-0.2, -0.15) is 5.10 Å². The van der Waals surface area contributed by atoms with Crippen LogP contribution in [0.4, 0.5) is 10.1 Å². The summed E-state index contributed by atoms with van der Waals surface area (Å²) in [5.74, 6) is -0.886. The second-order valence-corrected chi connectivity index (χ2v) is 14.2. The Morgan fingerprint density at radius 2 is 1.77 bits per heavy atom. The lowest BCUT2D eigenvalue weighted by molar-refractivity contribution is 0.00578. The molecule has 1 aliphatic heterocycles. The molecule has 0 spiro atoms. The van der Waals surface area contributed by atoms with E-state index in [1.165, 1.54) is 10.6 Å². The molecule has 2 fully saturated rings. The Morgan fingerprint density at radius 1 is 1.09 bits per heavy atom. The smallest absolute Gasteiger partial charge is 0.399 e. The summed E-state index contributed by atoms with van der Waals surface area (Å²) >= 11 is 0. The van der Waals surface area contributed by atoms with E-state index in [-0.39, 0.29) is 29.5 Å². The number of sulfonamides is 1. The van der Waals surface area contributed by atoms with Crippen molar-refractivity contribution in [1.82, 2.24) is 19.9 Å². The quantitative estimate of drug-likeness (QED) is 0.271. The maximum atomic E-state index is 15.1. The number of aryl methyl sites for hydroxylation is 1. The molecular formula is C31H35BFN5O5S. The van der Waals surface area contributed by atoms with Crippen molar-refractivity contribution in [2.45, 2.75) is 64.1 Å². The molecular weight excluding hydrogens is 584 g/mol. The zero-order valence-corrected chi connectivity index (χ0v) is 26.2. The molecule has 0 radical (unpaired) electrons. The minimum Gasteiger partial charge on any atom is -0.399 e. The number of hydrogen-bond donors (Lipinski definition) is 2. The minimum absolute atomic E-state index is 0.103. The molecule has 0 unspecified atom stereocenters. The third kappa shape index (κ3) is 5.71. The van der Waals surface area contributed by atoms with E-state index >= 15 is 4.39 Å². The Labute approximate surface area is 256 Å². The molecule has 44 heavy (non-hydrogen) atoms. The van der Waals surface area contributed by atoms with E-state index in [1.807, 2.05) is 33.8 Å². The number of aromatic nitrogens is 3. The van der Waals surface area contributed by atoms with Crippen molar-refractivity contribution in [3.8, 4) is 11.3 Å². The predicted molar refractivity (Wildman–Crippen MR) is 167 cm³/mol. The minimum atomic E-state index is -3.83. The molecule has 1 aliphatic carbocycles. The number of carbonyl (C=O) groups excluding carboxylic acids is 1. The second kappa shape index (κ2) is 11.0. The fraction of sp³-hybridized carbons (Fsp3) is 0.387. The van der Waals surface area contributed by atoms with Gasteiger partial charge in [0.05, 0.1) is 39.9 Å². The van der Waals surface area contributed by atoms with Gasteiger partial charge in [-0.05, 0) is 88.3 Å². The Morgan fingerprint density at radius 3 is 2.39 bits per heavy atom. The van der Waals surface area contributed by atoms with Gasteiger partial charge in [-0.25, -0.2) is 17.3 Å². The number of nitrogens with one attached hydrogen (secondary N) is 2. The van der Waals surface area contributed by atoms with Gasteiger partial charge in [-0.3, -0.25) is 14.5 Å². The van der Waals surface area contributed by atoms with Crippen LogP contribution < -0.4 is 15.5 Å². The van der Waals surface area contributed by atoms with Crippen molar-refractivity contribution in [1.29, 1.82) is 0 Å². The topological polar surface area (TPSA) is 124 Å². The van der Waals surface area contributed by atoms with Crippen molar-refractivity contribution in [2.24, 2.45) is 0 Å². The van der Waals surface area contributed by atoms with Crippen LogP contribution in [0, 0.1) is 5.82 Å². The van der Waals surface area contributed by atoms with Gasteiger partial charge in [0.25, 0.3) is 5.91 Å². The fourth-order valence-electron chi connectivity index (χ4n) is 5.34. The third-order valence-corrected chi connectivity index (χ3v) is 10.00. The SMILES string of the molecule is CNC(=O)c1c(-c2ccncc2)nn2cc(NS(=O)(=O)CCc3ccc(B4OC(C)(C)C(C)(C)O4)c(F)c3)c(C3CC3)cc12. The fourth-order valence-corrected chi connectivity index (χ4v) is 6.45. The van der Waals surface area contributed by atoms with Crippen LogP contribution in [0.25, 0.3) is 16.8 Å². The van der Waals surface area contributed by atoms with Gasteiger partial charge in [0.2, 0.25) is 10.0 Å². The zero-order chi connectivity index (χ0) is 31.4. The number of pyridine rings is 2. The van der Waals surface area contributed by atoms with Gasteiger partial charge in [0.15, 0.2) is 0 Å². The molecule has 0 atom stereocenters. The normalized spacial score (nSPS) is 17.6. The van der Waals surface area contributed by atoms with Crippen LogP contribution in [0.1, 0.15) is 67.9 Å². The summed E-state index contributed by atoms with van der Waals surface area (Å²) in [6.45, 7) is 7.60. The van der Waals surface area contributed by atoms with E-state index in [9.17, 15) is 13.2 Å². The van der Waals surface area contributed by atoms with Crippen molar-refractivity contribution >= 4 is 39.7 Å². The van der Waals surface area contributed by atoms with Gasteiger partial charge in [-0.1, -0.05) is 12.1 Å². The molecule has 1 saturated heterocycles. The van der Waals surface area contributed by atoms with E-state index in [2.05, 4.69) is 20.1 Å². The number of anilines is 1. The molecule has 2 aliphatic rings. The summed E-state index contributed by atoms with van der Waals surface area (Å²) < 4.78 is 58.0. The number of halogens is 1. The average molecular weight is 620 g/mol. The molecule has 1 amide bonds. The summed E-state index contributed by atoms with van der Waals surface area (Å²) in [5, 5.41) is 7.35. The summed E-state index contributed by atoms with van der Waals surface area (Å²) in [6.07, 6.45) is 6.81. The van der Waals surface area contributed by atoms with E-state index in [4.69, 9.17) is 9.31 Å². The number of fused-ring (bicyclic) bond motifs is 1. The van der Waals surface area contributed by atoms with Crippen LogP contribution in [0.15, 0.2) is 55.0 Å². The Bertz CT molecular complexity index is 1840. The largest absolute Gasteiger partial charge is 0.497 e. The Kier molecular flexibility index (Phi) is 7.54. The van der Waals surface area contributed by atoms with E-state index in [0.29, 0.717) is 33.6 Å². The number of amides is 1. The van der Waals surface area contributed by atoms with Crippen molar-refractivity contribution < 1.29 is 26.9 Å². The van der Waals surface area contributed by atoms with Gasteiger partial charge < -0.3 is 14.6 Å². The molecule has 13 heteroatoms. The molecule has 230 valence electrons. The molecule has 10 nitrogen and oxygen atoms in total. The highest BCUT2D eigenvalue weighted by molar-refractivity contribution is 7.92. The maximum Gasteiger partial charge on any atom is 0.497 e. The molecule has 4 heterocycles. The van der Waals surface area contributed by atoms with Crippen LogP contribution in [0.2, 0.25) is 0 Å². The van der Waals surface area contributed by atoms with Gasteiger partial charge in [-0.15, -0.1) is 0 Å². The maximum absolute atomic E-state index is 15.1. The summed E-state index contributed by atoms with van der Waals surface area (Å²) in [4.78, 5) is 17.0. The first-order chi connectivity index (χ1) is 20.8. The molecule has 1 saturated carbocycles. The standard InChI is InChI=1S/C31H35BFN5O5S/c1-30(2)31(3,4)43-32(42-30)23-9-6-19(16-24(23)33)12-15-44(40,41)37-25-18-38-26(17-22(25)20-7-8-20)27(29(39)34-5)28(36-38)21-10-13-35-14-11-21/h6,9-11,13-14,16-18,20,37H,7-8,12,15H2,1-5H3,(H,34,39). The highest BCUT2D eigenvalue weighted by atomic mass is 32.2. The number of nitrogens with zero attached hydrogens (tertiary/aromatic N) is 3. The van der Waals surface area contributed by atoms with Crippen molar-refractivity contribution in [3.05, 3.63) is 77.5 Å². The van der Waals surface area contributed by atoms with Crippen molar-refractivity contribution in [2.75, 3.05) is 17.5 Å². The molecule has 6 rings (SSSR count). The molecule has 2 N–H and O–H groups in total. The second-order valence-electron chi connectivity index (χ2n) is 12.4. The van der Waals surface area contributed by atoms with Gasteiger partial charge in [0.1, 0.15) is 11.5 Å². The summed E-state index contributed by atoms with van der Waals surface area (Å²) in [6, 6.07) is 10.0. The average Bonchev–Trinajstić information content (AvgIpc) is 3.70. The lowest BCUT2D eigenvalue weighted by atomic mass is 9.78. The summed E-state index contributed by atoms with van der Waals surface area (Å²) in [7, 11) is -3.11. The first-order valence-electron chi connectivity index (χ1n) is 14.6. The highest BCUT2D eigenvalue weighted by Gasteiger charge is 2.52. The third-order valence-electron chi connectivity index (χ3n) is 8.72. The molecule has 3 aromatic heterocycles. The molecule has 0 bridgehead atoms. The van der Waals surface area contributed by atoms with Crippen LogP contribution in [-0.2, 0) is 25.8 Å². The predicted octanol–water partition coefficient (Wildman–Crippen LogP) is 4.06. The number of hydrogen-bond acceptors (Lipinski definition) is 7. The van der Waals surface area contributed by atoms with E-state index in [1.54, 1.807) is 49.9 Å². The first-order valence-corrected chi connectivity index (χ1v) is 16.3. The lowest BCUT2D eigenvalue weighted by Crippen LogP contribution is -2.41. The van der Waals surface area contributed by atoms with Crippen LogP contribution in [0.3, 0.4) is 0 Å². The van der Waals surface area contributed by atoms with Crippen LogP contribution >= 0.6 is 0 Å². The number of carbonyl (C=O) groups is 1. The first kappa shape index (κ1) is 30.2. The molecule has 1 aromatic carbocycles. The molecule has 4 aromatic rings. The van der Waals surface area contributed by atoms with Crippen molar-refractivity contribution in [3.63, 3.8) is 0 Å². The number of rotatable bonds is 9. The lowest BCUT2D eigenvalue weighted by Gasteiger charge is -2.32. The number of benzene rings is 1. The van der Waals surface area contributed by atoms with Gasteiger partial charge in [0, 0.05) is 30.5 Å². The summed E-state index contributed by atoms with van der Waals surface area (Å²) in [5.41, 5.74) is 3.00. The monoisotopic (exact) mass is 619 g/mol. The Balaban J connectivity index is 1.24. The zero-order valence-electron chi connectivity index (χ0n) is 25.3. The van der Waals surface area contributed by atoms with Crippen LogP contribution in [0.5, 0.6) is 0 Å². The Hall–Kier alpha value is -3.81. The highest BCUT2D eigenvalue weighted by Crippen LogP contribution is 2.45. The van der Waals surface area contributed by atoms with Crippen LogP contribution in [-0.4, -0.2) is 60.0 Å².